The van der Waals surface area contributed by atoms with Gasteiger partial charge in [0, 0.05) is 18.3 Å². The zero-order valence-electron chi connectivity index (χ0n) is 8.67. The predicted molar refractivity (Wildman–Crippen MR) is 63.9 cm³/mol. The number of halogens is 2. The summed E-state index contributed by atoms with van der Waals surface area (Å²) in [7, 11) is 0. The molecular weight excluding hydrogens is 245 g/mol. The molecule has 2 aromatic rings. The van der Waals surface area contributed by atoms with Crippen LogP contribution in [0.3, 0.4) is 0 Å². The van der Waals surface area contributed by atoms with Crippen LogP contribution in [0, 0.1) is 6.92 Å². The molecule has 3 rings (SSSR count). The van der Waals surface area contributed by atoms with Crippen molar-refractivity contribution in [2.45, 2.75) is 19.9 Å². The van der Waals surface area contributed by atoms with Gasteiger partial charge in [-0.25, -0.2) is 9.97 Å². The maximum atomic E-state index is 6.16. The van der Waals surface area contributed by atoms with E-state index < -0.39 is 0 Å². The first kappa shape index (κ1) is 10.1. The van der Waals surface area contributed by atoms with Crippen molar-refractivity contribution in [3.05, 3.63) is 33.8 Å². The Bertz CT molecular complexity index is 575. The van der Waals surface area contributed by atoms with E-state index in [1.165, 1.54) is 0 Å². The van der Waals surface area contributed by atoms with Gasteiger partial charge >= 0.3 is 0 Å². The van der Waals surface area contributed by atoms with Gasteiger partial charge in [0.1, 0.15) is 5.15 Å². The molecule has 0 saturated carbocycles. The van der Waals surface area contributed by atoms with Crippen molar-refractivity contribution in [2.75, 3.05) is 0 Å². The van der Waals surface area contributed by atoms with E-state index in [-0.39, 0.29) is 5.28 Å². The van der Waals surface area contributed by atoms with Crippen molar-refractivity contribution in [3.63, 3.8) is 0 Å². The second kappa shape index (κ2) is 3.47. The largest absolute Gasteiger partial charge is 0.330 e. The fourth-order valence-electron chi connectivity index (χ4n) is 2.18. The fourth-order valence-corrected chi connectivity index (χ4v) is 2.65. The number of fused-ring (bicyclic) bond motifs is 3. The zero-order chi connectivity index (χ0) is 11.3. The maximum absolute atomic E-state index is 6.16. The Morgan fingerprint density at radius 1 is 1.38 bits per heavy atom. The molecule has 16 heavy (non-hydrogen) atoms. The third-order valence-corrected chi connectivity index (χ3v) is 3.40. The second-order valence-electron chi connectivity index (χ2n) is 3.91. The third-order valence-electron chi connectivity index (χ3n) is 2.90. The SMILES string of the molecule is Cc1cc(Cl)n2c1-c1nc(Cl)ncc1CC2. The molecule has 0 saturated heterocycles. The molecule has 0 bridgehead atoms. The third kappa shape index (κ3) is 1.35. The van der Waals surface area contributed by atoms with Crippen LogP contribution in [0.25, 0.3) is 11.4 Å². The quantitative estimate of drug-likeness (QED) is 0.676. The van der Waals surface area contributed by atoms with Crippen molar-refractivity contribution in [3.8, 4) is 11.4 Å². The van der Waals surface area contributed by atoms with E-state index in [1.807, 2.05) is 13.0 Å². The Balaban J connectivity index is 2.33. The van der Waals surface area contributed by atoms with Crippen LogP contribution >= 0.6 is 23.2 Å². The summed E-state index contributed by atoms with van der Waals surface area (Å²) >= 11 is 12.0. The number of rotatable bonds is 0. The van der Waals surface area contributed by atoms with E-state index >= 15 is 0 Å². The van der Waals surface area contributed by atoms with Crippen LogP contribution in [-0.4, -0.2) is 14.5 Å². The average molecular weight is 254 g/mol. The van der Waals surface area contributed by atoms with Crippen molar-refractivity contribution in [1.82, 2.24) is 14.5 Å². The first-order valence-electron chi connectivity index (χ1n) is 5.04. The minimum absolute atomic E-state index is 0.281. The molecular formula is C11H9Cl2N3. The van der Waals surface area contributed by atoms with E-state index in [2.05, 4.69) is 14.5 Å². The van der Waals surface area contributed by atoms with Gasteiger partial charge in [0.25, 0.3) is 0 Å². The van der Waals surface area contributed by atoms with E-state index in [9.17, 15) is 0 Å². The standard InChI is InChI=1S/C11H9Cl2N3/c1-6-4-8(12)16-3-2-7-5-14-11(13)15-9(7)10(6)16/h4-5H,2-3H2,1H3. The van der Waals surface area contributed by atoms with Gasteiger partial charge in [-0.15, -0.1) is 0 Å². The minimum atomic E-state index is 0.281. The fraction of sp³-hybridized carbons (Fsp3) is 0.273. The normalized spacial score (nSPS) is 13.4. The highest BCUT2D eigenvalue weighted by Crippen LogP contribution is 2.34. The predicted octanol–water partition coefficient (Wildman–Crippen LogP) is 3.12. The van der Waals surface area contributed by atoms with Crippen LogP contribution < -0.4 is 0 Å². The molecule has 0 aromatic carbocycles. The van der Waals surface area contributed by atoms with E-state index in [0.29, 0.717) is 0 Å². The van der Waals surface area contributed by atoms with Gasteiger partial charge in [0.05, 0.1) is 11.4 Å². The molecule has 0 radical (unpaired) electrons. The summed E-state index contributed by atoms with van der Waals surface area (Å²) in [6, 6.07) is 1.96. The first-order chi connectivity index (χ1) is 7.66. The number of aryl methyl sites for hydroxylation is 2. The summed E-state index contributed by atoms with van der Waals surface area (Å²) in [4.78, 5) is 8.32. The van der Waals surface area contributed by atoms with Crippen LogP contribution in [-0.2, 0) is 13.0 Å². The Kier molecular flexibility index (Phi) is 2.19. The topological polar surface area (TPSA) is 30.7 Å². The first-order valence-corrected chi connectivity index (χ1v) is 5.80. The van der Waals surface area contributed by atoms with Gasteiger partial charge in [-0.2, -0.15) is 0 Å². The monoisotopic (exact) mass is 253 g/mol. The van der Waals surface area contributed by atoms with Gasteiger partial charge in [0.2, 0.25) is 5.28 Å². The van der Waals surface area contributed by atoms with Crippen LogP contribution in [0.2, 0.25) is 10.4 Å². The molecule has 0 spiro atoms. The van der Waals surface area contributed by atoms with Crippen LogP contribution in [0.5, 0.6) is 0 Å². The molecule has 3 nitrogen and oxygen atoms in total. The number of aromatic nitrogens is 3. The molecule has 0 aliphatic carbocycles. The van der Waals surface area contributed by atoms with Crippen LogP contribution in [0.1, 0.15) is 11.1 Å². The maximum Gasteiger partial charge on any atom is 0.222 e. The van der Waals surface area contributed by atoms with E-state index in [0.717, 1.165) is 40.6 Å². The minimum Gasteiger partial charge on any atom is -0.330 e. The van der Waals surface area contributed by atoms with E-state index in [1.54, 1.807) is 6.20 Å². The Labute approximate surface area is 103 Å². The molecule has 0 unspecified atom stereocenters. The Morgan fingerprint density at radius 3 is 3.00 bits per heavy atom. The van der Waals surface area contributed by atoms with E-state index in [4.69, 9.17) is 23.2 Å². The van der Waals surface area contributed by atoms with Gasteiger partial charge in [-0.3, -0.25) is 0 Å². The highest BCUT2D eigenvalue weighted by atomic mass is 35.5. The molecule has 82 valence electrons. The summed E-state index contributed by atoms with van der Waals surface area (Å²) < 4.78 is 2.07. The van der Waals surface area contributed by atoms with Gasteiger partial charge < -0.3 is 4.57 Å². The Morgan fingerprint density at radius 2 is 2.19 bits per heavy atom. The summed E-state index contributed by atoms with van der Waals surface area (Å²) in [5.41, 5.74) is 4.24. The number of hydrogen-bond donors (Lipinski definition) is 0. The van der Waals surface area contributed by atoms with Gasteiger partial charge in [-0.1, -0.05) is 11.6 Å². The molecule has 0 N–H and O–H groups in total. The average Bonchev–Trinajstić information content (AvgIpc) is 2.54. The van der Waals surface area contributed by atoms with Gasteiger partial charge in [0.15, 0.2) is 0 Å². The highest BCUT2D eigenvalue weighted by molar-refractivity contribution is 6.30. The summed E-state index contributed by atoms with van der Waals surface area (Å²) in [5, 5.41) is 1.04. The van der Waals surface area contributed by atoms with Crippen molar-refractivity contribution < 1.29 is 0 Å². The van der Waals surface area contributed by atoms with Crippen molar-refractivity contribution >= 4 is 23.2 Å². The lowest BCUT2D eigenvalue weighted by Gasteiger charge is -2.19. The molecule has 1 aliphatic rings. The number of hydrogen-bond acceptors (Lipinski definition) is 2. The summed E-state index contributed by atoms with van der Waals surface area (Å²) in [6.07, 6.45) is 2.70. The summed E-state index contributed by atoms with van der Waals surface area (Å²) in [5.74, 6) is 0. The molecule has 1 aliphatic heterocycles. The molecule has 0 atom stereocenters. The Hall–Kier alpha value is -1.06. The van der Waals surface area contributed by atoms with Crippen LogP contribution in [0.4, 0.5) is 0 Å². The second-order valence-corrected chi connectivity index (χ2v) is 4.64. The summed E-state index contributed by atoms with van der Waals surface area (Å²) in [6.45, 7) is 2.91. The van der Waals surface area contributed by atoms with Gasteiger partial charge in [-0.05, 0) is 36.6 Å². The molecule has 0 fully saturated rings. The molecule has 3 heterocycles. The smallest absolute Gasteiger partial charge is 0.222 e. The highest BCUT2D eigenvalue weighted by Gasteiger charge is 2.22. The lowest BCUT2D eigenvalue weighted by molar-refractivity contribution is 0.680. The van der Waals surface area contributed by atoms with Crippen molar-refractivity contribution in [1.29, 1.82) is 0 Å². The lowest BCUT2D eigenvalue weighted by Crippen LogP contribution is -2.13. The van der Waals surface area contributed by atoms with Crippen molar-refractivity contribution in [2.24, 2.45) is 0 Å². The van der Waals surface area contributed by atoms with Crippen LogP contribution in [0.15, 0.2) is 12.3 Å². The molecule has 0 amide bonds. The molecule has 2 aromatic heterocycles. The lowest BCUT2D eigenvalue weighted by atomic mass is 10.0. The molecule has 5 heteroatoms. The zero-order valence-corrected chi connectivity index (χ0v) is 10.2. The number of nitrogens with zero attached hydrogens (tertiary/aromatic N) is 3.